The van der Waals surface area contributed by atoms with Gasteiger partial charge in [-0.3, -0.25) is 4.79 Å². The number of nitrogens with one attached hydrogen (secondary N) is 1. The quantitative estimate of drug-likeness (QED) is 0.500. The molecule has 0 radical (unpaired) electrons. The summed E-state index contributed by atoms with van der Waals surface area (Å²) in [7, 11) is 0. The molecule has 4 heteroatoms. The molecule has 0 heterocycles. The van der Waals surface area contributed by atoms with E-state index in [1.165, 1.54) is 6.92 Å². The average Bonchev–Trinajstić information content (AvgIpc) is 1.85. The third kappa shape index (κ3) is 2.76. The van der Waals surface area contributed by atoms with Crippen molar-refractivity contribution in [2.75, 3.05) is 0 Å². The normalized spacial score (nSPS) is 12.2. The maximum absolute atomic E-state index is 10.5. The highest BCUT2D eigenvalue weighted by atomic mass is 32.1. The van der Waals surface area contributed by atoms with Gasteiger partial charge in [-0.05, 0) is 13.3 Å². The van der Waals surface area contributed by atoms with Crippen LogP contribution in [-0.2, 0) is 4.79 Å². The molecular weight excluding hydrogens is 162 g/mol. The number of hydrogen-bond donors (Lipinski definition) is 2. The molecule has 0 saturated carbocycles. The van der Waals surface area contributed by atoms with Crippen LogP contribution in [0.2, 0.25) is 0 Å². The van der Waals surface area contributed by atoms with Crippen LogP contribution >= 0.6 is 12.2 Å². The van der Waals surface area contributed by atoms with E-state index in [0.717, 1.165) is 0 Å². The molecule has 0 bridgehead atoms. The number of carbonyl (C=O) groups is 1. The van der Waals surface area contributed by atoms with E-state index in [2.05, 4.69) is 0 Å². The largest absolute Gasteiger partial charge is 0.480 e. The lowest BCUT2D eigenvalue weighted by atomic mass is 9.99. The van der Waals surface area contributed by atoms with Crippen molar-refractivity contribution in [3.63, 3.8) is 0 Å². The molecule has 0 aliphatic heterocycles. The molecule has 3 nitrogen and oxygen atoms in total. The Balaban J connectivity index is 4.47. The number of carboxylic acid groups (broad SMARTS) is 1. The topological polar surface area (TPSA) is 61.2 Å². The maximum atomic E-state index is 10.5. The Labute approximate surface area is 70.9 Å². The third-order valence-electron chi connectivity index (χ3n) is 1.35. The van der Waals surface area contributed by atoms with Crippen molar-refractivity contribution >= 4 is 28.8 Å². The standard InChI is InChI=1S/C7H11NO2S/c1-3-5(11)6(4(2)8)7(9)10/h6,8H,3H2,1-2H3,(H,9,10). The monoisotopic (exact) mass is 173 g/mol. The molecule has 11 heavy (non-hydrogen) atoms. The summed E-state index contributed by atoms with van der Waals surface area (Å²) in [6.45, 7) is 3.25. The van der Waals surface area contributed by atoms with Gasteiger partial charge in [-0.25, -0.2) is 0 Å². The second-order valence-electron chi connectivity index (χ2n) is 2.27. The van der Waals surface area contributed by atoms with Gasteiger partial charge in [-0.1, -0.05) is 19.1 Å². The van der Waals surface area contributed by atoms with Crippen molar-refractivity contribution in [2.24, 2.45) is 5.92 Å². The van der Waals surface area contributed by atoms with E-state index < -0.39 is 11.9 Å². The van der Waals surface area contributed by atoms with Crippen molar-refractivity contribution in [2.45, 2.75) is 20.3 Å². The van der Waals surface area contributed by atoms with Gasteiger partial charge >= 0.3 is 5.97 Å². The van der Waals surface area contributed by atoms with Crippen LogP contribution in [-0.4, -0.2) is 21.7 Å². The van der Waals surface area contributed by atoms with Crippen LogP contribution in [0.5, 0.6) is 0 Å². The highest BCUT2D eigenvalue weighted by Gasteiger charge is 2.22. The van der Waals surface area contributed by atoms with Gasteiger partial charge in [0.05, 0.1) is 0 Å². The molecule has 0 spiro atoms. The van der Waals surface area contributed by atoms with E-state index in [0.29, 0.717) is 11.3 Å². The van der Waals surface area contributed by atoms with E-state index in [1.807, 2.05) is 0 Å². The molecule has 0 saturated heterocycles. The Hall–Kier alpha value is -0.770. The molecule has 0 aromatic carbocycles. The zero-order chi connectivity index (χ0) is 9.02. The zero-order valence-electron chi connectivity index (χ0n) is 6.55. The summed E-state index contributed by atoms with van der Waals surface area (Å²) in [5, 5.41) is 15.8. The lowest BCUT2D eigenvalue weighted by molar-refractivity contribution is -0.137. The van der Waals surface area contributed by atoms with Crippen molar-refractivity contribution in [3.05, 3.63) is 0 Å². The van der Waals surface area contributed by atoms with Gasteiger partial charge < -0.3 is 10.5 Å². The molecule has 0 aliphatic rings. The second-order valence-corrected chi connectivity index (χ2v) is 2.80. The van der Waals surface area contributed by atoms with Crippen molar-refractivity contribution in [1.82, 2.24) is 0 Å². The number of hydrogen-bond acceptors (Lipinski definition) is 3. The van der Waals surface area contributed by atoms with E-state index >= 15 is 0 Å². The summed E-state index contributed by atoms with van der Waals surface area (Å²) in [4.78, 5) is 10.9. The molecule has 0 fully saturated rings. The number of thiocarbonyl (C=S) groups is 1. The minimum absolute atomic E-state index is 0.101. The van der Waals surface area contributed by atoms with Crippen LogP contribution in [0, 0.1) is 11.3 Å². The molecule has 0 aliphatic carbocycles. The molecule has 1 atom stereocenters. The molecule has 0 aromatic heterocycles. The Morgan fingerprint density at radius 2 is 2.18 bits per heavy atom. The van der Waals surface area contributed by atoms with Crippen LogP contribution in [0.15, 0.2) is 0 Å². The van der Waals surface area contributed by atoms with Crippen molar-refractivity contribution < 1.29 is 9.90 Å². The average molecular weight is 173 g/mol. The predicted molar refractivity (Wildman–Crippen MR) is 47.4 cm³/mol. The van der Waals surface area contributed by atoms with E-state index in [4.69, 9.17) is 22.7 Å². The van der Waals surface area contributed by atoms with Crippen molar-refractivity contribution in [3.8, 4) is 0 Å². The number of carboxylic acids is 1. The van der Waals surface area contributed by atoms with Crippen LogP contribution in [0.25, 0.3) is 0 Å². The highest BCUT2D eigenvalue weighted by molar-refractivity contribution is 7.80. The van der Waals surface area contributed by atoms with Crippen molar-refractivity contribution in [1.29, 1.82) is 5.41 Å². The predicted octanol–water partition coefficient (Wildman–Crippen LogP) is 1.51. The Morgan fingerprint density at radius 3 is 2.27 bits per heavy atom. The van der Waals surface area contributed by atoms with E-state index in [9.17, 15) is 4.79 Å². The zero-order valence-corrected chi connectivity index (χ0v) is 7.36. The minimum Gasteiger partial charge on any atom is -0.480 e. The van der Waals surface area contributed by atoms with E-state index in [-0.39, 0.29) is 5.71 Å². The second kappa shape index (κ2) is 4.18. The van der Waals surface area contributed by atoms with Crippen LogP contribution in [0.1, 0.15) is 20.3 Å². The molecule has 1 unspecified atom stereocenters. The maximum Gasteiger partial charge on any atom is 0.317 e. The van der Waals surface area contributed by atoms with Gasteiger partial charge in [0.15, 0.2) is 0 Å². The first-order valence-corrected chi connectivity index (χ1v) is 3.72. The Morgan fingerprint density at radius 1 is 1.73 bits per heavy atom. The molecule has 62 valence electrons. The van der Waals surface area contributed by atoms with Crippen LogP contribution in [0.3, 0.4) is 0 Å². The fourth-order valence-electron chi connectivity index (χ4n) is 0.769. The summed E-state index contributed by atoms with van der Waals surface area (Å²) in [5.74, 6) is -1.89. The fourth-order valence-corrected chi connectivity index (χ4v) is 1.05. The first-order valence-electron chi connectivity index (χ1n) is 3.31. The van der Waals surface area contributed by atoms with Gasteiger partial charge in [0, 0.05) is 10.6 Å². The SMILES string of the molecule is CCC(=S)C(C(C)=N)C(=O)O. The lowest BCUT2D eigenvalue weighted by Gasteiger charge is -2.09. The van der Waals surface area contributed by atoms with Gasteiger partial charge in [-0.2, -0.15) is 0 Å². The third-order valence-corrected chi connectivity index (χ3v) is 1.87. The molecule has 0 rings (SSSR count). The van der Waals surface area contributed by atoms with Crippen LogP contribution < -0.4 is 0 Å². The van der Waals surface area contributed by atoms with E-state index in [1.54, 1.807) is 6.92 Å². The van der Waals surface area contributed by atoms with Gasteiger partial charge in [0.1, 0.15) is 5.92 Å². The molecule has 2 N–H and O–H groups in total. The number of aliphatic carboxylic acids is 1. The summed E-state index contributed by atoms with van der Waals surface area (Å²) >= 11 is 4.81. The first kappa shape index (κ1) is 10.2. The first-order chi connectivity index (χ1) is 5.00. The number of rotatable bonds is 4. The van der Waals surface area contributed by atoms with Crippen LogP contribution in [0.4, 0.5) is 0 Å². The van der Waals surface area contributed by atoms with Gasteiger partial charge in [0.2, 0.25) is 0 Å². The smallest absolute Gasteiger partial charge is 0.317 e. The summed E-state index contributed by atoms with van der Waals surface area (Å²) in [6.07, 6.45) is 0.530. The molecule has 0 amide bonds. The summed E-state index contributed by atoms with van der Waals surface area (Å²) in [6, 6.07) is 0. The fraction of sp³-hybridized carbons (Fsp3) is 0.571. The van der Waals surface area contributed by atoms with Gasteiger partial charge in [0.25, 0.3) is 0 Å². The summed E-state index contributed by atoms with van der Waals surface area (Å²) in [5.41, 5.74) is 0.101. The Bertz CT molecular complexity index is 187. The minimum atomic E-state index is -1.02. The molecule has 0 aromatic rings. The Kier molecular flexibility index (Phi) is 3.89. The highest BCUT2D eigenvalue weighted by Crippen LogP contribution is 2.05. The molecular formula is C7H11NO2S. The summed E-state index contributed by atoms with van der Waals surface area (Å²) < 4.78 is 0. The lowest BCUT2D eigenvalue weighted by Crippen LogP contribution is -2.27. The van der Waals surface area contributed by atoms with Gasteiger partial charge in [-0.15, -0.1) is 0 Å².